The van der Waals surface area contributed by atoms with Gasteiger partial charge in [0, 0.05) is 12.4 Å². The zero-order chi connectivity index (χ0) is 17.8. The van der Waals surface area contributed by atoms with Crippen LogP contribution in [0.4, 0.5) is 5.82 Å². The fourth-order valence-corrected chi connectivity index (χ4v) is 2.46. The minimum atomic E-state index is 0.583. The summed E-state index contributed by atoms with van der Waals surface area (Å²) in [6.07, 6.45) is 8.31. The molecular formula is C18H15N7O. The van der Waals surface area contributed by atoms with Gasteiger partial charge in [-0.1, -0.05) is 0 Å². The van der Waals surface area contributed by atoms with E-state index >= 15 is 0 Å². The first-order valence-electron chi connectivity index (χ1n) is 7.87. The number of anilines is 1. The molecule has 4 rings (SSSR count). The number of ether oxygens (including phenoxy) is 1. The van der Waals surface area contributed by atoms with Crippen molar-refractivity contribution in [1.82, 2.24) is 24.7 Å². The SMILES string of the molecule is COc1ccc(-n2ncc3c(N/N=C/c4ccncc4)ncnc32)cc1. The van der Waals surface area contributed by atoms with Crippen LogP contribution >= 0.6 is 0 Å². The Morgan fingerprint density at radius 2 is 1.88 bits per heavy atom. The Labute approximate surface area is 149 Å². The van der Waals surface area contributed by atoms with E-state index in [4.69, 9.17) is 4.74 Å². The minimum Gasteiger partial charge on any atom is -0.497 e. The summed E-state index contributed by atoms with van der Waals surface area (Å²) in [5.74, 6) is 1.37. The molecule has 3 aromatic heterocycles. The molecule has 0 aliphatic heterocycles. The van der Waals surface area contributed by atoms with Crippen molar-refractivity contribution in [2.75, 3.05) is 12.5 Å². The quantitative estimate of drug-likeness (QED) is 0.442. The van der Waals surface area contributed by atoms with E-state index in [1.807, 2.05) is 36.4 Å². The molecule has 0 spiro atoms. The lowest BCUT2D eigenvalue weighted by atomic mass is 10.3. The molecule has 0 radical (unpaired) electrons. The van der Waals surface area contributed by atoms with E-state index in [1.54, 1.807) is 36.6 Å². The van der Waals surface area contributed by atoms with Crippen LogP contribution < -0.4 is 10.2 Å². The molecule has 0 fully saturated rings. The predicted octanol–water partition coefficient (Wildman–Crippen LogP) is 2.67. The first-order chi connectivity index (χ1) is 12.8. The number of hydrogen-bond donors (Lipinski definition) is 1. The zero-order valence-electron chi connectivity index (χ0n) is 13.9. The van der Waals surface area contributed by atoms with Gasteiger partial charge < -0.3 is 4.74 Å². The number of methoxy groups -OCH3 is 1. The fraction of sp³-hybridized carbons (Fsp3) is 0.0556. The van der Waals surface area contributed by atoms with Gasteiger partial charge >= 0.3 is 0 Å². The fourth-order valence-electron chi connectivity index (χ4n) is 2.46. The molecular weight excluding hydrogens is 330 g/mol. The first kappa shape index (κ1) is 15.7. The van der Waals surface area contributed by atoms with Crippen LogP contribution in [0.3, 0.4) is 0 Å². The highest BCUT2D eigenvalue weighted by Crippen LogP contribution is 2.22. The van der Waals surface area contributed by atoms with E-state index in [-0.39, 0.29) is 0 Å². The molecule has 8 nitrogen and oxygen atoms in total. The standard InChI is InChI=1S/C18H15N7O/c1-26-15-4-2-14(3-5-15)25-18-16(11-23-25)17(20-12-21-18)24-22-10-13-6-8-19-9-7-13/h2-12H,1H3,(H,20,21,24)/b22-10+. The molecule has 1 aromatic carbocycles. The molecule has 8 heteroatoms. The summed E-state index contributed by atoms with van der Waals surface area (Å²) in [5.41, 5.74) is 5.45. The third-order valence-electron chi connectivity index (χ3n) is 3.77. The number of rotatable bonds is 5. The highest BCUT2D eigenvalue weighted by molar-refractivity contribution is 5.88. The highest BCUT2D eigenvalue weighted by Gasteiger charge is 2.10. The number of nitrogens with zero attached hydrogens (tertiary/aromatic N) is 6. The van der Waals surface area contributed by atoms with E-state index in [0.29, 0.717) is 11.5 Å². The summed E-state index contributed by atoms with van der Waals surface area (Å²) < 4.78 is 6.93. The summed E-state index contributed by atoms with van der Waals surface area (Å²) >= 11 is 0. The maximum absolute atomic E-state index is 5.19. The largest absolute Gasteiger partial charge is 0.497 e. The van der Waals surface area contributed by atoms with E-state index < -0.39 is 0 Å². The van der Waals surface area contributed by atoms with Crippen molar-refractivity contribution in [3.05, 3.63) is 66.9 Å². The molecule has 0 atom stereocenters. The van der Waals surface area contributed by atoms with Crippen molar-refractivity contribution in [2.45, 2.75) is 0 Å². The second-order valence-corrected chi connectivity index (χ2v) is 5.36. The Morgan fingerprint density at radius 3 is 2.65 bits per heavy atom. The molecule has 0 unspecified atom stereocenters. The van der Waals surface area contributed by atoms with Gasteiger partial charge in [-0.2, -0.15) is 10.2 Å². The van der Waals surface area contributed by atoms with Crippen molar-refractivity contribution in [2.24, 2.45) is 5.10 Å². The van der Waals surface area contributed by atoms with E-state index in [9.17, 15) is 0 Å². The number of benzene rings is 1. The lowest BCUT2D eigenvalue weighted by Crippen LogP contribution is -1.99. The van der Waals surface area contributed by atoms with Gasteiger partial charge in [-0.15, -0.1) is 0 Å². The van der Waals surface area contributed by atoms with Crippen LogP contribution in [0.2, 0.25) is 0 Å². The van der Waals surface area contributed by atoms with Crippen LogP contribution in [-0.4, -0.2) is 38.1 Å². The summed E-state index contributed by atoms with van der Waals surface area (Å²) in [4.78, 5) is 12.6. The second-order valence-electron chi connectivity index (χ2n) is 5.36. The smallest absolute Gasteiger partial charge is 0.168 e. The number of hydrogen-bond acceptors (Lipinski definition) is 7. The minimum absolute atomic E-state index is 0.583. The van der Waals surface area contributed by atoms with Gasteiger partial charge in [0.1, 0.15) is 12.1 Å². The third kappa shape index (κ3) is 3.07. The van der Waals surface area contributed by atoms with Gasteiger partial charge in [0.15, 0.2) is 11.5 Å². The Morgan fingerprint density at radius 1 is 1.08 bits per heavy atom. The Hall–Kier alpha value is -3.81. The Bertz CT molecular complexity index is 1040. The van der Waals surface area contributed by atoms with E-state index in [2.05, 4.69) is 30.6 Å². The van der Waals surface area contributed by atoms with Gasteiger partial charge in [0.05, 0.1) is 30.6 Å². The van der Waals surface area contributed by atoms with Crippen LogP contribution in [0.5, 0.6) is 5.75 Å². The van der Waals surface area contributed by atoms with E-state index in [0.717, 1.165) is 22.4 Å². The van der Waals surface area contributed by atoms with Crippen molar-refractivity contribution < 1.29 is 4.74 Å². The molecule has 3 heterocycles. The molecule has 26 heavy (non-hydrogen) atoms. The lowest BCUT2D eigenvalue weighted by molar-refractivity contribution is 0.414. The summed E-state index contributed by atoms with van der Waals surface area (Å²) in [6.45, 7) is 0. The summed E-state index contributed by atoms with van der Waals surface area (Å²) in [7, 11) is 1.63. The third-order valence-corrected chi connectivity index (χ3v) is 3.77. The van der Waals surface area contributed by atoms with E-state index in [1.165, 1.54) is 6.33 Å². The number of hydrazone groups is 1. The zero-order valence-corrected chi connectivity index (χ0v) is 13.9. The van der Waals surface area contributed by atoms with Crippen LogP contribution in [0.25, 0.3) is 16.7 Å². The van der Waals surface area contributed by atoms with Crippen molar-refractivity contribution in [1.29, 1.82) is 0 Å². The van der Waals surface area contributed by atoms with Crippen LogP contribution in [0.15, 0.2) is 66.4 Å². The van der Waals surface area contributed by atoms with Gasteiger partial charge in [0.25, 0.3) is 0 Å². The van der Waals surface area contributed by atoms with Crippen molar-refractivity contribution >= 4 is 23.1 Å². The first-order valence-corrected chi connectivity index (χ1v) is 7.87. The van der Waals surface area contributed by atoms with Crippen LogP contribution in [0, 0.1) is 0 Å². The molecule has 0 aliphatic carbocycles. The highest BCUT2D eigenvalue weighted by atomic mass is 16.5. The maximum atomic E-state index is 5.19. The number of aromatic nitrogens is 5. The summed E-state index contributed by atoms with van der Waals surface area (Å²) in [5, 5.41) is 9.41. The molecule has 0 amide bonds. The van der Waals surface area contributed by atoms with Gasteiger partial charge in [-0.3, -0.25) is 10.4 Å². The molecule has 0 aliphatic rings. The lowest BCUT2D eigenvalue weighted by Gasteiger charge is -2.05. The predicted molar refractivity (Wildman–Crippen MR) is 98.7 cm³/mol. The maximum Gasteiger partial charge on any atom is 0.168 e. The van der Waals surface area contributed by atoms with Gasteiger partial charge in [-0.05, 0) is 42.0 Å². The second kappa shape index (κ2) is 6.98. The van der Waals surface area contributed by atoms with Gasteiger partial charge in [-0.25, -0.2) is 14.6 Å². The summed E-state index contributed by atoms with van der Waals surface area (Å²) in [6, 6.07) is 11.3. The van der Waals surface area contributed by atoms with Crippen LogP contribution in [-0.2, 0) is 0 Å². The Kier molecular flexibility index (Phi) is 4.21. The molecule has 1 N–H and O–H groups in total. The molecule has 0 saturated heterocycles. The average Bonchev–Trinajstić information content (AvgIpc) is 3.14. The number of pyridine rings is 1. The monoisotopic (exact) mass is 345 g/mol. The van der Waals surface area contributed by atoms with Gasteiger partial charge in [0.2, 0.25) is 0 Å². The molecule has 0 bridgehead atoms. The molecule has 0 saturated carbocycles. The molecule has 128 valence electrons. The average molecular weight is 345 g/mol. The van der Waals surface area contributed by atoms with Crippen LogP contribution in [0.1, 0.15) is 5.56 Å². The van der Waals surface area contributed by atoms with Crippen molar-refractivity contribution in [3.8, 4) is 11.4 Å². The molecule has 4 aromatic rings. The topological polar surface area (TPSA) is 90.1 Å². The normalized spacial score (nSPS) is 11.1. The number of fused-ring (bicyclic) bond motifs is 1. The van der Waals surface area contributed by atoms with Crippen molar-refractivity contribution in [3.63, 3.8) is 0 Å². The number of nitrogens with one attached hydrogen (secondary N) is 1. The Balaban J connectivity index is 1.63.